The molecule has 20 heavy (non-hydrogen) atoms. The Balaban J connectivity index is 2.32. The molecule has 1 N–H and O–H groups in total. The maximum Gasteiger partial charge on any atom is 0.305 e. The molecule has 0 saturated carbocycles. The van der Waals surface area contributed by atoms with E-state index in [0.29, 0.717) is 25.8 Å². The highest BCUT2D eigenvalue weighted by atomic mass is 79.9. The fraction of sp³-hybridized carbons (Fsp3) is 0.462. The summed E-state index contributed by atoms with van der Waals surface area (Å²) in [5.41, 5.74) is 0. The van der Waals surface area contributed by atoms with E-state index < -0.39 is 10.0 Å². The number of unbranched alkanes of at least 4 members (excludes halogenated alkanes) is 2. The predicted molar refractivity (Wildman–Crippen MR) is 79.8 cm³/mol. The normalized spacial score (nSPS) is 11.3. The molecule has 5 nitrogen and oxygen atoms in total. The monoisotopic (exact) mass is 363 g/mol. The van der Waals surface area contributed by atoms with Gasteiger partial charge in [-0.15, -0.1) is 0 Å². The first kappa shape index (κ1) is 17.1. The fourth-order valence-corrected chi connectivity index (χ4v) is 3.27. The highest BCUT2D eigenvalue weighted by molar-refractivity contribution is 9.10. The molecule has 1 aromatic carbocycles. The van der Waals surface area contributed by atoms with Crippen molar-refractivity contribution in [3.05, 3.63) is 28.7 Å². The first-order valence-corrected chi connectivity index (χ1v) is 8.55. The predicted octanol–water partition coefficient (Wildman–Crippen LogP) is 2.46. The number of carbonyl (C=O) groups is 1. The third kappa shape index (κ3) is 6.02. The second kappa shape index (κ2) is 8.39. The summed E-state index contributed by atoms with van der Waals surface area (Å²) in [5.74, 6) is -0.236. The Labute approximate surface area is 127 Å². The molecule has 0 aliphatic carbocycles. The van der Waals surface area contributed by atoms with Crippen LogP contribution >= 0.6 is 15.9 Å². The average Bonchev–Trinajstić information content (AvgIpc) is 2.42. The van der Waals surface area contributed by atoms with E-state index >= 15 is 0 Å². The topological polar surface area (TPSA) is 72.5 Å². The van der Waals surface area contributed by atoms with E-state index in [0.717, 1.165) is 10.9 Å². The highest BCUT2D eigenvalue weighted by Crippen LogP contribution is 2.15. The van der Waals surface area contributed by atoms with Gasteiger partial charge in [0.1, 0.15) is 0 Å². The van der Waals surface area contributed by atoms with Crippen LogP contribution in [0.25, 0.3) is 0 Å². The molecule has 0 heterocycles. The molecular weight excluding hydrogens is 346 g/mol. The van der Waals surface area contributed by atoms with Crippen LogP contribution in [0.2, 0.25) is 0 Å². The standard InChI is InChI=1S/C13H18BrNO4S/c1-19-13(16)8-3-2-4-9-15-20(17,18)12-7-5-6-11(14)10-12/h5-7,10,15H,2-4,8-9H2,1H3. The third-order valence-electron chi connectivity index (χ3n) is 2.68. The molecule has 112 valence electrons. The van der Waals surface area contributed by atoms with Crippen molar-refractivity contribution >= 4 is 31.9 Å². The molecule has 0 amide bonds. The minimum atomic E-state index is -3.46. The quantitative estimate of drug-likeness (QED) is 0.568. The van der Waals surface area contributed by atoms with Gasteiger partial charge >= 0.3 is 5.97 Å². The van der Waals surface area contributed by atoms with Crippen LogP contribution in [0.3, 0.4) is 0 Å². The van der Waals surface area contributed by atoms with Crippen LogP contribution in [0.5, 0.6) is 0 Å². The fourth-order valence-electron chi connectivity index (χ4n) is 1.60. The maximum absolute atomic E-state index is 12.0. The Morgan fingerprint density at radius 2 is 2.05 bits per heavy atom. The van der Waals surface area contributed by atoms with Gasteiger partial charge in [-0.05, 0) is 31.0 Å². The molecule has 1 rings (SSSR count). The molecule has 0 unspecified atom stereocenters. The van der Waals surface area contributed by atoms with Gasteiger partial charge in [0.25, 0.3) is 0 Å². The van der Waals surface area contributed by atoms with Gasteiger partial charge in [0.05, 0.1) is 12.0 Å². The van der Waals surface area contributed by atoms with E-state index in [4.69, 9.17) is 0 Å². The molecule has 0 spiro atoms. The summed E-state index contributed by atoms with van der Waals surface area (Å²) in [6.07, 6.45) is 2.53. The van der Waals surface area contributed by atoms with E-state index in [2.05, 4.69) is 25.4 Å². The van der Waals surface area contributed by atoms with E-state index in [9.17, 15) is 13.2 Å². The van der Waals surface area contributed by atoms with Crippen LogP contribution < -0.4 is 4.72 Å². The Morgan fingerprint density at radius 3 is 2.70 bits per heavy atom. The summed E-state index contributed by atoms with van der Waals surface area (Å²) >= 11 is 3.24. The maximum atomic E-state index is 12.0. The molecule has 0 aliphatic heterocycles. The zero-order valence-corrected chi connectivity index (χ0v) is 13.7. The first-order chi connectivity index (χ1) is 9.45. The summed E-state index contributed by atoms with van der Waals surface area (Å²) in [5, 5.41) is 0. The lowest BCUT2D eigenvalue weighted by atomic mass is 10.2. The van der Waals surface area contributed by atoms with Gasteiger partial charge in [0.2, 0.25) is 10.0 Å². The molecule has 0 saturated heterocycles. The molecule has 0 aromatic heterocycles. The van der Waals surface area contributed by atoms with Crippen molar-refractivity contribution in [3.63, 3.8) is 0 Å². The minimum absolute atomic E-state index is 0.236. The number of methoxy groups -OCH3 is 1. The number of ether oxygens (including phenoxy) is 1. The lowest BCUT2D eigenvalue weighted by Gasteiger charge is -2.07. The van der Waals surface area contributed by atoms with Crippen molar-refractivity contribution in [1.82, 2.24) is 4.72 Å². The Hall–Kier alpha value is -0.920. The van der Waals surface area contributed by atoms with Crippen LogP contribution in [-0.2, 0) is 19.6 Å². The van der Waals surface area contributed by atoms with Crippen molar-refractivity contribution in [1.29, 1.82) is 0 Å². The molecule has 0 fully saturated rings. The molecule has 1 aromatic rings. The number of esters is 1. The van der Waals surface area contributed by atoms with Gasteiger partial charge in [0.15, 0.2) is 0 Å². The third-order valence-corrected chi connectivity index (χ3v) is 4.64. The summed E-state index contributed by atoms with van der Waals surface area (Å²) in [4.78, 5) is 11.1. The van der Waals surface area contributed by atoms with Gasteiger partial charge in [-0.2, -0.15) is 0 Å². The molecule has 0 aliphatic rings. The molecule has 0 atom stereocenters. The van der Waals surface area contributed by atoms with Gasteiger partial charge in [-0.3, -0.25) is 4.79 Å². The number of nitrogens with one attached hydrogen (secondary N) is 1. The van der Waals surface area contributed by atoms with Crippen LogP contribution in [0, 0.1) is 0 Å². The molecule has 7 heteroatoms. The van der Waals surface area contributed by atoms with Crippen LogP contribution in [0.15, 0.2) is 33.6 Å². The molecule has 0 bridgehead atoms. The number of halogens is 1. The number of sulfonamides is 1. The van der Waals surface area contributed by atoms with Crippen molar-refractivity contribution < 1.29 is 17.9 Å². The van der Waals surface area contributed by atoms with Crippen molar-refractivity contribution in [2.24, 2.45) is 0 Å². The van der Waals surface area contributed by atoms with Crippen LogP contribution in [-0.4, -0.2) is 28.0 Å². The lowest BCUT2D eigenvalue weighted by Crippen LogP contribution is -2.24. The lowest BCUT2D eigenvalue weighted by molar-refractivity contribution is -0.140. The average molecular weight is 364 g/mol. The minimum Gasteiger partial charge on any atom is -0.469 e. The number of benzene rings is 1. The van der Waals surface area contributed by atoms with Gasteiger partial charge < -0.3 is 4.74 Å². The van der Waals surface area contributed by atoms with E-state index in [1.807, 2.05) is 0 Å². The Bertz CT molecular complexity index is 545. The number of carbonyl (C=O) groups excluding carboxylic acids is 1. The summed E-state index contributed by atoms with van der Waals surface area (Å²) in [7, 11) is -2.11. The van der Waals surface area contributed by atoms with Crippen molar-refractivity contribution in [3.8, 4) is 0 Å². The Kier molecular flexibility index (Phi) is 7.18. The SMILES string of the molecule is COC(=O)CCCCCNS(=O)(=O)c1cccc(Br)c1. The van der Waals surface area contributed by atoms with E-state index in [-0.39, 0.29) is 10.9 Å². The summed E-state index contributed by atoms with van der Waals surface area (Å²) < 4.78 is 31.7. The summed E-state index contributed by atoms with van der Waals surface area (Å²) in [6.45, 7) is 0.357. The number of hydrogen-bond donors (Lipinski definition) is 1. The van der Waals surface area contributed by atoms with E-state index in [1.54, 1.807) is 24.3 Å². The second-order valence-corrected chi connectivity index (χ2v) is 6.92. The zero-order chi connectivity index (χ0) is 15.0. The number of rotatable bonds is 8. The van der Waals surface area contributed by atoms with E-state index in [1.165, 1.54) is 7.11 Å². The number of hydrogen-bond acceptors (Lipinski definition) is 4. The van der Waals surface area contributed by atoms with Crippen molar-refractivity contribution in [2.75, 3.05) is 13.7 Å². The smallest absolute Gasteiger partial charge is 0.305 e. The van der Waals surface area contributed by atoms with Crippen LogP contribution in [0.4, 0.5) is 0 Å². The zero-order valence-electron chi connectivity index (χ0n) is 11.3. The van der Waals surface area contributed by atoms with Crippen LogP contribution in [0.1, 0.15) is 25.7 Å². The molecular formula is C13H18BrNO4S. The largest absolute Gasteiger partial charge is 0.469 e. The van der Waals surface area contributed by atoms with Gasteiger partial charge in [0, 0.05) is 17.4 Å². The summed E-state index contributed by atoms with van der Waals surface area (Å²) in [6, 6.07) is 6.55. The van der Waals surface area contributed by atoms with Gasteiger partial charge in [-0.1, -0.05) is 28.4 Å². The highest BCUT2D eigenvalue weighted by Gasteiger charge is 2.13. The second-order valence-electron chi connectivity index (χ2n) is 4.24. The molecule has 0 radical (unpaired) electrons. The van der Waals surface area contributed by atoms with Crippen molar-refractivity contribution in [2.45, 2.75) is 30.6 Å². The first-order valence-electron chi connectivity index (χ1n) is 6.28. The Morgan fingerprint density at radius 1 is 1.30 bits per heavy atom. The van der Waals surface area contributed by atoms with Gasteiger partial charge in [-0.25, -0.2) is 13.1 Å².